The van der Waals surface area contributed by atoms with Gasteiger partial charge in [0.1, 0.15) is 0 Å². The number of hydrogen-bond donors (Lipinski definition) is 0. The summed E-state index contributed by atoms with van der Waals surface area (Å²) in [5, 5.41) is 2.75. The Labute approximate surface area is 355 Å². The number of nitrogens with zero attached hydrogens (tertiary/aromatic N) is 3. The van der Waals surface area contributed by atoms with Gasteiger partial charge < -0.3 is 14.4 Å². The Balaban J connectivity index is 1.24. The number of aryl methyl sites for hydroxylation is 1. The van der Waals surface area contributed by atoms with Gasteiger partial charge in [0, 0.05) is 44.9 Å². The first-order valence-electron chi connectivity index (χ1n) is 22.2. The summed E-state index contributed by atoms with van der Waals surface area (Å²) in [5.74, 6) is 0. The molecular weight excluding hydrogens is 725 g/mol. The Morgan fingerprint density at radius 2 is 0.900 bits per heavy atom. The van der Waals surface area contributed by atoms with Crippen molar-refractivity contribution >= 4 is 79.0 Å². The summed E-state index contributed by atoms with van der Waals surface area (Å²) in [7, 11) is 0. The highest BCUT2D eigenvalue weighted by atomic mass is 15.2. The maximum Gasteiger partial charge on any atom is 0.252 e. The molecule has 0 atom stereocenters. The van der Waals surface area contributed by atoms with Gasteiger partial charge in [-0.05, 0) is 160 Å². The molecule has 2 aliphatic heterocycles. The molecule has 4 heteroatoms. The lowest BCUT2D eigenvalue weighted by Crippen LogP contribution is -2.61. The van der Waals surface area contributed by atoms with E-state index in [1.165, 1.54) is 126 Å². The Hall–Kier alpha value is -6.00. The van der Waals surface area contributed by atoms with Gasteiger partial charge in [0.15, 0.2) is 0 Å². The second kappa shape index (κ2) is 12.5. The summed E-state index contributed by atoms with van der Waals surface area (Å²) in [6.45, 7) is 14.9. The number of anilines is 6. The SMILES string of the molecule is CC1(C)CCCc2cc3c(cc21)c1cc2c(cc1n3-c1cc3c4c(c1)N(c1ccccc1)c1ccccc1B4c1ccccc1N3c1ccccc1)C(C)(C)CCC2(C)C. The van der Waals surface area contributed by atoms with Crippen molar-refractivity contribution in [2.45, 2.75) is 89.9 Å². The summed E-state index contributed by atoms with van der Waals surface area (Å²) in [6.07, 6.45) is 5.96. The minimum atomic E-state index is 0.0816. The molecule has 3 heterocycles. The maximum atomic E-state index is 2.66. The van der Waals surface area contributed by atoms with Crippen LogP contribution in [0.15, 0.2) is 146 Å². The molecule has 294 valence electrons. The van der Waals surface area contributed by atoms with Crippen LogP contribution in [0.3, 0.4) is 0 Å². The number of para-hydroxylation sites is 4. The van der Waals surface area contributed by atoms with E-state index in [4.69, 9.17) is 0 Å². The quantitative estimate of drug-likeness (QED) is 0.166. The topological polar surface area (TPSA) is 11.4 Å². The van der Waals surface area contributed by atoms with Gasteiger partial charge in [0.2, 0.25) is 0 Å². The van der Waals surface area contributed by atoms with Crippen molar-refractivity contribution < 1.29 is 0 Å². The van der Waals surface area contributed by atoms with E-state index in [2.05, 4.69) is 202 Å². The van der Waals surface area contributed by atoms with Crippen molar-refractivity contribution in [3.05, 3.63) is 168 Å². The van der Waals surface area contributed by atoms with E-state index in [0.717, 1.165) is 6.42 Å². The molecule has 0 fully saturated rings. The van der Waals surface area contributed by atoms with Crippen LogP contribution in [0.1, 0.15) is 89.5 Å². The molecule has 4 aliphatic rings. The smallest absolute Gasteiger partial charge is 0.252 e. The third-order valence-corrected chi connectivity index (χ3v) is 15.1. The van der Waals surface area contributed by atoms with Crippen LogP contribution in [0, 0.1) is 0 Å². The first kappa shape index (κ1) is 35.9. The maximum absolute atomic E-state index is 2.66. The minimum absolute atomic E-state index is 0.0816. The van der Waals surface area contributed by atoms with Gasteiger partial charge in [-0.1, -0.05) is 114 Å². The van der Waals surface area contributed by atoms with Crippen molar-refractivity contribution in [3.8, 4) is 5.69 Å². The molecule has 0 spiro atoms. The lowest BCUT2D eigenvalue weighted by molar-refractivity contribution is 0.332. The average Bonchev–Trinajstić information content (AvgIpc) is 3.57. The van der Waals surface area contributed by atoms with Gasteiger partial charge >= 0.3 is 0 Å². The Morgan fingerprint density at radius 1 is 0.433 bits per heavy atom. The van der Waals surface area contributed by atoms with E-state index in [0.29, 0.717) is 0 Å². The highest BCUT2D eigenvalue weighted by Crippen LogP contribution is 2.51. The van der Waals surface area contributed by atoms with Crippen molar-refractivity contribution in [1.82, 2.24) is 4.57 Å². The lowest BCUT2D eigenvalue weighted by Gasteiger charge is -2.44. The van der Waals surface area contributed by atoms with Crippen LogP contribution < -0.4 is 26.2 Å². The molecule has 60 heavy (non-hydrogen) atoms. The predicted octanol–water partition coefficient (Wildman–Crippen LogP) is 12.8. The van der Waals surface area contributed by atoms with Gasteiger partial charge in [0.25, 0.3) is 6.71 Å². The summed E-state index contributed by atoms with van der Waals surface area (Å²) in [4.78, 5) is 5.08. The monoisotopic (exact) mass is 777 g/mol. The molecule has 0 N–H and O–H groups in total. The molecule has 12 rings (SSSR count). The molecular formula is C56H52BN3. The van der Waals surface area contributed by atoms with Crippen LogP contribution in [0.5, 0.6) is 0 Å². The first-order valence-corrected chi connectivity index (χ1v) is 22.2. The van der Waals surface area contributed by atoms with Crippen molar-refractivity contribution in [2.24, 2.45) is 0 Å². The van der Waals surface area contributed by atoms with E-state index >= 15 is 0 Å². The first-order chi connectivity index (χ1) is 29.0. The van der Waals surface area contributed by atoms with Crippen LogP contribution in [-0.4, -0.2) is 11.3 Å². The molecule has 0 amide bonds. The number of fused-ring (bicyclic) bond motifs is 9. The zero-order valence-electron chi connectivity index (χ0n) is 35.8. The minimum Gasteiger partial charge on any atom is -0.311 e. The van der Waals surface area contributed by atoms with Gasteiger partial charge in [-0.25, -0.2) is 0 Å². The number of rotatable bonds is 3. The zero-order chi connectivity index (χ0) is 40.7. The van der Waals surface area contributed by atoms with E-state index in [1.807, 2.05) is 0 Å². The fourth-order valence-corrected chi connectivity index (χ4v) is 11.9. The Bertz CT molecular complexity index is 2950. The predicted molar refractivity (Wildman–Crippen MR) is 256 cm³/mol. The molecule has 0 unspecified atom stereocenters. The van der Waals surface area contributed by atoms with Crippen molar-refractivity contribution in [3.63, 3.8) is 0 Å². The highest BCUT2D eigenvalue weighted by Gasteiger charge is 2.44. The van der Waals surface area contributed by atoms with Crippen molar-refractivity contribution in [1.29, 1.82) is 0 Å². The second-order valence-electron chi connectivity index (χ2n) is 20.1. The fourth-order valence-electron chi connectivity index (χ4n) is 11.9. The van der Waals surface area contributed by atoms with E-state index in [-0.39, 0.29) is 23.0 Å². The molecule has 0 saturated carbocycles. The van der Waals surface area contributed by atoms with Crippen molar-refractivity contribution in [2.75, 3.05) is 9.80 Å². The Morgan fingerprint density at radius 3 is 1.47 bits per heavy atom. The standard InChI is InChI=1S/C56H52BN3/c1-54(2)27-17-18-36-30-49-40(33-42(36)54)41-34-43-44(56(5,6)29-28-55(43,3)4)35-50(41)60(49)39-31-51-53-52(32-39)59(38-21-11-8-12-22-38)48-26-16-14-24-46(48)57(53)45-23-13-15-25-47(45)58(51)37-19-9-7-10-20-37/h7-16,19-26,30-35H,17-18,27-29H2,1-6H3. The highest BCUT2D eigenvalue weighted by molar-refractivity contribution is 7.00. The molecule has 3 nitrogen and oxygen atoms in total. The number of hydrogen-bond acceptors (Lipinski definition) is 2. The van der Waals surface area contributed by atoms with E-state index in [9.17, 15) is 0 Å². The van der Waals surface area contributed by atoms with Gasteiger partial charge in [0.05, 0.1) is 16.7 Å². The summed E-state index contributed by atoms with van der Waals surface area (Å²) in [6, 6.07) is 55.7. The van der Waals surface area contributed by atoms with Crippen LogP contribution in [0.25, 0.3) is 27.5 Å². The van der Waals surface area contributed by atoms with E-state index < -0.39 is 0 Å². The number of benzene rings is 7. The summed E-state index contributed by atoms with van der Waals surface area (Å²) >= 11 is 0. The third kappa shape index (κ3) is 5.03. The van der Waals surface area contributed by atoms with Gasteiger partial charge in [-0.2, -0.15) is 0 Å². The average molecular weight is 778 g/mol. The molecule has 0 saturated heterocycles. The van der Waals surface area contributed by atoms with Crippen LogP contribution in [-0.2, 0) is 22.7 Å². The van der Waals surface area contributed by atoms with Crippen LogP contribution in [0.2, 0.25) is 0 Å². The van der Waals surface area contributed by atoms with Gasteiger partial charge in [-0.3, -0.25) is 0 Å². The lowest BCUT2D eigenvalue weighted by atomic mass is 9.33. The summed E-state index contributed by atoms with van der Waals surface area (Å²) < 4.78 is 2.66. The second-order valence-corrected chi connectivity index (χ2v) is 20.1. The zero-order valence-corrected chi connectivity index (χ0v) is 35.8. The van der Waals surface area contributed by atoms with Gasteiger partial charge in [-0.15, -0.1) is 0 Å². The molecule has 7 aromatic carbocycles. The molecule has 0 bridgehead atoms. The molecule has 2 aliphatic carbocycles. The normalized spacial score (nSPS) is 17.8. The number of aromatic nitrogens is 1. The van der Waals surface area contributed by atoms with Crippen LogP contribution >= 0.6 is 0 Å². The largest absolute Gasteiger partial charge is 0.311 e. The summed E-state index contributed by atoms with van der Waals surface area (Å²) in [5.41, 5.74) is 21.5. The molecule has 1 aromatic heterocycles. The van der Waals surface area contributed by atoms with Crippen LogP contribution in [0.4, 0.5) is 34.1 Å². The third-order valence-electron chi connectivity index (χ3n) is 15.1. The molecule has 0 radical (unpaired) electrons. The Kier molecular flexibility index (Phi) is 7.49. The fraction of sp³-hybridized carbons (Fsp3) is 0.250. The van der Waals surface area contributed by atoms with E-state index in [1.54, 1.807) is 0 Å². The molecule has 8 aromatic rings.